The molecule has 0 aliphatic heterocycles. The van der Waals surface area contributed by atoms with Gasteiger partial charge in [-0.25, -0.2) is 0 Å². The predicted molar refractivity (Wildman–Crippen MR) is 79.6 cm³/mol. The Bertz CT molecular complexity index is 433. The molecule has 2 N–H and O–H groups in total. The van der Waals surface area contributed by atoms with Crippen LogP contribution in [0.25, 0.3) is 0 Å². The van der Waals surface area contributed by atoms with Crippen LogP contribution < -0.4 is 5.32 Å². The van der Waals surface area contributed by atoms with Gasteiger partial charge in [-0.15, -0.1) is 0 Å². The number of nitrogens with one attached hydrogen (secondary N) is 1. The van der Waals surface area contributed by atoms with Crippen molar-refractivity contribution in [1.29, 1.82) is 0 Å². The van der Waals surface area contributed by atoms with E-state index in [1.165, 1.54) is 11.1 Å². The van der Waals surface area contributed by atoms with Crippen LogP contribution in [0.3, 0.4) is 0 Å². The SMILES string of the molecule is CSC(C)CNC1CC(C)c2c(C)ccc(O)c21. The molecule has 0 saturated heterocycles. The van der Waals surface area contributed by atoms with Gasteiger partial charge in [0.15, 0.2) is 0 Å². The number of fused-ring (bicyclic) bond motifs is 1. The van der Waals surface area contributed by atoms with E-state index >= 15 is 0 Å². The number of benzene rings is 1. The summed E-state index contributed by atoms with van der Waals surface area (Å²) in [4.78, 5) is 0. The average Bonchev–Trinajstić information content (AvgIpc) is 2.69. The summed E-state index contributed by atoms with van der Waals surface area (Å²) < 4.78 is 0. The first-order chi connectivity index (χ1) is 8.54. The van der Waals surface area contributed by atoms with Crippen molar-refractivity contribution in [3.8, 4) is 5.75 Å². The average molecular weight is 265 g/mol. The Balaban J connectivity index is 2.21. The third-order valence-electron chi connectivity index (χ3n) is 3.97. The van der Waals surface area contributed by atoms with Gasteiger partial charge in [-0.3, -0.25) is 0 Å². The van der Waals surface area contributed by atoms with Gasteiger partial charge in [-0.05, 0) is 42.7 Å². The van der Waals surface area contributed by atoms with Crippen molar-refractivity contribution in [1.82, 2.24) is 5.32 Å². The lowest BCUT2D eigenvalue weighted by Gasteiger charge is -2.18. The molecule has 0 aromatic heterocycles. The number of aryl methyl sites for hydroxylation is 1. The zero-order chi connectivity index (χ0) is 13.3. The molecule has 3 atom stereocenters. The first-order valence-corrected chi connectivity index (χ1v) is 7.92. The van der Waals surface area contributed by atoms with Gasteiger partial charge in [0.25, 0.3) is 0 Å². The number of rotatable bonds is 4. The number of thioether (sulfide) groups is 1. The highest BCUT2D eigenvalue weighted by atomic mass is 32.2. The van der Waals surface area contributed by atoms with Crippen molar-refractivity contribution in [2.24, 2.45) is 0 Å². The third kappa shape index (κ3) is 2.52. The summed E-state index contributed by atoms with van der Waals surface area (Å²) in [6.07, 6.45) is 3.23. The van der Waals surface area contributed by atoms with Gasteiger partial charge in [0.1, 0.15) is 5.75 Å². The molecule has 1 aliphatic rings. The first kappa shape index (κ1) is 13.8. The normalized spacial score (nSPS) is 24.0. The lowest BCUT2D eigenvalue weighted by molar-refractivity contribution is 0.446. The molecule has 1 aromatic carbocycles. The van der Waals surface area contributed by atoms with Crippen LogP contribution in [0.5, 0.6) is 5.75 Å². The van der Waals surface area contributed by atoms with Crippen LogP contribution >= 0.6 is 11.8 Å². The standard InChI is InChI=1S/C15H23NOS/c1-9-5-6-13(17)15-12(7-10(2)14(9)15)16-8-11(3)18-4/h5-6,10-12,16-17H,7-8H2,1-4H3. The van der Waals surface area contributed by atoms with Crippen molar-refractivity contribution in [2.75, 3.05) is 12.8 Å². The lowest BCUT2D eigenvalue weighted by atomic mass is 9.97. The monoisotopic (exact) mass is 265 g/mol. The van der Waals surface area contributed by atoms with Crippen LogP contribution in [0, 0.1) is 6.92 Å². The summed E-state index contributed by atoms with van der Waals surface area (Å²) in [6, 6.07) is 4.17. The summed E-state index contributed by atoms with van der Waals surface area (Å²) in [6.45, 7) is 7.62. The van der Waals surface area contributed by atoms with E-state index < -0.39 is 0 Å². The molecule has 0 bridgehead atoms. The van der Waals surface area contributed by atoms with Gasteiger partial charge in [0.2, 0.25) is 0 Å². The van der Waals surface area contributed by atoms with Gasteiger partial charge in [0.05, 0.1) is 0 Å². The molecule has 18 heavy (non-hydrogen) atoms. The molecule has 100 valence electrons. The fourth-order valence-corrected chi connectivity index (χ4v) is 3.18. The first-order valence-electron chi connectivity index (χ1n) is 6.63. The Morgan fingerprint density at radius 2 is 2.17 bits per heavy atom. The Morgan fingerprint density at radius 1 is 1.44 bits per heavy atom. The van der Waals surface area contributed by atoms with Crippen LogP contribution in [0.2, 0.25) is 0 Å². The summed E-state index contributed by atoms with van der Waals surface area (Å²) in [7, 11) is 0. The summed E-state index contributed by atoms with van der Waals surface area (Å²) in [5.41, 5.74) is 3.79. The molecule has 0 heterocycles. The fourth-order valence-electron chi connectivity index (χ4n) is 2.92. The Kier molecular flexibility index (Phi) is 4.23. The van der Waals surface area contributed by atoms with Crippen molar-refractivity contribution >= 4 is 11.8 Å². The number of phenolic OH excluding ortho intramolecular Hbond substituents is 1. The summed E-state index contributed by atoms with van der Waals surface area (Å²) in [5, 5.41) is 14.3. The van der Waals surface area contributed by atoms with E-state index in [0.717, 1.165) is 18.5 Å². The van der Waals surface area contributed by atoms with E-state index in [0.29, 0.717) is 23.0 Å². The summed E-state index contributed by atoms with van der Waals surface area (Å²) >= 11 is 1.87. The highest BCUT2D eigenvalue weighted by molar-refractivity contribution is 7.99. The zero-order valence-corrected chi connectivity index (χ0v) is 12.5. The second kappa shape index (κ2) is 5.54. The lowest BCUT2D eigenvalue weighted by Crippen LogP contribution is -2.26. The van der Waals surface area contributed by atoms with E-state index in [2.05, 4.69) is 32.3 Å². The molecule has 2 rings (SSSR count). The quantitative estimate of drug-likeness (QED) is 0.872. The number of phenols is 1. The minimum Gasteiger partial charge on any atom is -0.508 e. The molecule has 1 aliphatic carbocycles. The Hall–Kier alpha value is -0.670. The number of hydrogen-bond donors (Lipinski definition) is 2. The topological polar surface area (TPSA) is 32.3 Å². The fraction of sp³-hybridized carbons (Fsp3) is 0.600. The molecular weight excluding hydrogens is 242 g/mol. The van der Waals surface area contributed by atoms with E-state index in [4.69, 9.17) is 0 Å². The molecule has 0 spiro atoms. The van der Waals surface area contributed by atoms with Crippen LogP contribution in [0.15, 0.2) is 12.1 Å². The maximum atomic E-state index is 10.1. The molecule has 3 heteroatoms. The van der Waals surface area contributed by atoms with E-state index in [1.807, 2.05) is 23.9 Å². The molecule has 1 aromatic rings. The largest absolute Gasteiger partial charge is 0.508 e. The van der Waals surface area contributed by atoms with E-state index in [-0.39, 0.29) is 0 Å². The van der Waals surface area contributed by atoms with Crippen LogP contribution in [-0.2, 0) is 0 Å². The zero-order valence-electron chi connectivity index (χ0n) is 11.7. The second-order valence-electron chi connectivity index (χ2n) is 5.37. The minimum atomic E-state index is 0.310. The highest BCUT2D eigenvalue weighted by Gasteiger charge is 2.31. The van der Waals surface area contributed by atoms with Crippen LogP contribution in [-0.4, -0.2) is 23.2 Å². The Labute approximate surface area is 114 Å². The highest BCUT2D eigenvalue weighted by Crippen LogP contribution is 2.45. The molecular formula is C15H23NOS. The number of hydrogen-bond acceptors (Lipinski definition) is 3. The molecule has 0 fully saturated rings. The smallest absolute Gasteiger partial charge is 0.120 e. The molecule has 0 amide bonds. The maximum absolute atomic E-state index is 10.1. The molecule has 0 saturated carbocycles. The van der Waals surface area contributed by atoms with Crippen LogP contribution in [0.1, 0.15) is 48.9 Å². The van der Waals surface area contributed by atoms with Crippen molar-refractivity contribution in [3.05, 3.63) is 28.8 Å². The number of aromatic hydroxyl groups is 1. The molecule has 3 unspecified atom stereocenters. The van der Waals surface area contributed by atoms with Gasteiger partial charge < -0.3 is 10.4 Å². The van der Waals surface area contributed by atoms with Gasteiger partial charge in [0, 0.05) is 23.4 Å². The van der Waals surface area contributed by atoms with E-state index in [9.17, 15) is 5.11 Å². The summed E-state index contributed by atoms with van der Waals surface area (Å²) in [5.74, 6) is 0.989. The molecule has 2 nitrogen and oxygen atoms in total. The van der Waals surface area contributed by atoms with Gasteiger partial charge >= 0.3 is 0 Å². The van der Waals surface area contributed by atoms with Gasteiger partial charge in [-0.2, -0.15) is 11.8 Å². The van der Waals surface area contributed by atoms with Crippen molar-refractivity contribution in [2.45, 2.75) is 44.4 Å². The second-order valence-corrected chi connectivity index (χ2v) is 6.65. The van der Waals surface area contributed by atoms with Crippen LogP contribution in [0.4, 0.5) is 0 Å². The maximum Gasteiger partial charge on any atom is 0.120 e. The van der Waals surface area contributed by atoms with Crippen molar-refractivity contribution in [3.63, 3.8) is 0 Å². The van der Waals surface area contributed by atoms with E-state index in [1.54, 1.807) is 0 Å². The third-order valence-corrected chi connectivity index (χ3v) is 4.94. The van der Waals surface area contributed by atoms with Gasteiger partial charge in [-0.1, -0.05) is 19.9 Å². The Morgan fingerprint density at radius 3 is 2.83 bits per heavy atom. The molecule has 0 radical (unpaired) electrons. The minimum absolute atomic E-state index is 0.310. The predicted octanol–water partition coefficient (Wildman–Crippen LogP) is 3.59. The van der Waals surface area contributed by atoms with Crippen molar-refractivity contribution < 1.29 is 5.11 Å².